The van der Waals surface area contributed by atoms with Crippen LogP contribution in [0.25, 0.3) is 0 Å². The van der Waals surface area contributed by atoms with Gasteiger partial charge in [-0.05, 0) is 104 Å². The van der Waals surface area contributed by atoms with Gasteiger partial charge in [-0.3, -0.25) is 0 Å². The van der Waals surface area contributed by atoms with Crippen LogP contribution < -0.4 is 0 Å². The average Bonchev–Trinajstić information content (AvgIpc) is 3.28. The number of aliphatic hydroxyl groups is 3. The summed E-state index contributed by atoms with van der Waals surface area (Å²) in [6, 6.07) is 0. The molecule has 4 fully saturated rings. The summed E-state index contributed by atoms with van der Waals surface area (Å²) in [5, 5.41) is 30.2. The zero-order valence-electron chi connectivity index (χ0n) is 25.6. The molecule has 224 valence electrons. The van der Waals surface area contributed by atoms with Crippen LogP contribution in [0.1, 0.15) is 112 Å². The van der Waals surface area contributed by atoms with Crippen LogP contribution in [0.15, 0.2) is 11.6 Å². The third-order valence-electron chi connectivity index (χ3n) is 13.3. The van der Waals surface area contributed by atoms with E-state index in [-0.39, 0.29) is 18.1 Å². The van der Waals surface area contributed by atoms with Crippen molar-refractivity contribution in [2.75, 3.05) is 6.61 Å². The van der Waals surface area contributed by atoms with Crippen molar-refractivity contribution in [1.82, 2.24) is 0 Å². The summed E-state index contributed by atoms with van der Waals surface area (Å²) in [4.78, 5) is 0. The Labute approximate surface area is 238 Å². The fourth-order valence-corrected chi connectivity index (χ4v) is 10.2. The molecule has 0 aromatic carbocycles. The summed E-state index contributed by atoms with van der Waals surface area (Å²) in [6.45, 7) is 15.0. The summed E-state index contributed by atoms with van der Waals surface area (Å²) in [5.41, 5.74) is 2.31. The second-order valence-electron chi connectivity index (χ2n) is 15.2. The first kappa shape index (κ1) is 30.0. The van der Waals surface area contributed by atoms with Crippen LogP contribution >= 0.6 is 0 Å². The third kappa shape index (κ3) is 5.42. The average molecular weight is 547 g/mol. The SMILES string of the molecule is CC[C@H](C)[C@H](C)CC[C@@H](C)[C@H]1CC[C@H]2[C@@H]3CC=C4C[C@@H](O[C@@H]5OC[C@@H](O)[C@H](O)[C@H]5O)CC[C@]4(C)[C@H]3CC[C@]12C. The molecule has 3 N–H and O–H groups in total. The molecule has 5 nitrogen and oxygen atoms in total. The monoisotopic (exact) mass is 546 g/mol. The van der Waals surface area contributed by atoms with Crippen molar-refractivity contribution in [2.24, 2.45) is 52.3 Å². The zero-order valence-corrected chi connectivity index (χ0v) is 25.6. The molecule has 5 aliphatic rings. The Morgan fingerprint density at radius 2 is 1.72 bits per heavy atom. The summed E-state index contributed by atoms with van der Waals surface area (Å²) < 4.78 is 11.8. The Morgan fingerprint density at radius 3 is 2.46 bits per heavy atom. The van der Waals surface area contributed by atoms with Gasteiger partial charge < -0.3 is 24.8 Å². The Bertz CT molecular complexity index is 874. The van der Waals surface area contributed by atoms with E-state index in [0.717, 1.165) is 60.7 Å². The van der Waals surface area contributed by atoms with Gasteiger partial charge in [0.05, 0.1) is 12.7 Å². The molecule has 1 heterocycles. The number of rotatable bonds is 8. The van der Waals surface area contributed by atoms with Gasteiger partial charge in [0.2, 0.25) is 0 Å². The number of ether oxygens (including phenoxy) is 2. The molecule has 39 heavy (non-hydrogen) atoms. The Kier molecular flexibility index (Phi) is 8.98. The third-order valence-corrected chi connectivity index (χ3v) is 13.3. The van der Waals surface area contributed by atoms with Crippen LogP contribution in [0, 0.1) is 52.3 Å². The van der Waals surface area contributed by atoms with E-state index in [1.54, 1.807) is 5.57 Å². The highest BCUT2D eigenvalue weighted by Gasteiger charge is 2.59. The zero-order chi connectivity index (χ0) is 28.1. The lowest BCUT2D eigenvalue weighted by Crippen LogP contribution is -2.55. The lowest BCUT2D eigenvalue weighted by atomic mass is 9.47. The molecular weight excluding hydrogens is 488 g/mol. The van der Waals surface area contributed by atoms with Gasteiger partial charge in [0.1, 0.15) is 18.3 Å². The molecule has 0 aromatic rings. The molecule has 0 unspecified atom stereocenters. The summed E-state index contributed by atoms with van der Waals surface area (Å²) in [7, 11) is 0. The molecule has 14 atom stereocenters. The predicted molar refractivity (Wildman–Crippen MR) is 155 cm³/mol. The van der Waals surface area contributed by atoms with E-state index in [4.69, 9.17) is 9.47 Å². The molecule has 0 spiro atoms. The van der Waals surface area contributed by atoms with Gasteiger partial charge in [-0.25, -0.2) is 0 Å². The van der Waals surface area contributed by atoms with Gasteiger partial charge in [-0.1, -0.05) is 72.5 Å². The minimum atomic E-state index is -1.22. The van der Waals surface area contributed by atoms with Crippen LogP contribution in [0.3, 0.4) is 0 Å². The molecule has 4 aliphatic carbocycles. The lowest BCUT2D eigenvalue weighted by molar-refractivity contribution is -0.284. The van der Waals surface area contributed by atoms with Gasteiger partial charge in [-0.15, -0.1) is 0 Å². The molecule has 5 rings (SSSR count). The van der Waals surface area contributed by atoms with Gasteiger partial charge >= 0.3 is 0 Å². The van der Waals surface area contributed by atoms with Gasteiger partial charge in [0.15, 0.2) is 6.29 Å². The van der Waals surface area contributed by atoms with E-state index < -0.39 is 24.6 Å². The first-order valence-electron chi connectivity index (χ1n) is 16.5. The van der Waals surface area contributed by atoms with Crippen LogP contribution in [-0.4, -0.2) is 52.6 Å². The molecule has 1 saturated heterocycles. The van der Waals surface area contributed by atoms with Crippen molar-refractivity contribution in [3.63, 3.8) is 0 Å². The van der Waals surface area contributed by atoms with Crippen molar-refractivity contribution in [3.05, 3.63) is 11.6 Å². The molecule has 0 amide bonds. The Morgan fingerprint density at radius 1 is 0.949 bits per heavy atom. The molecule has 5 heteroatoms. The Balaban J connectivity index is 1.23. The van der Waals surface area contributed by atoms with Gasteiger partial charge in [0.25, 0.3) is 0 Å². The summed E-state index contributed by atoms with van der Waals surface area (Å²) in [5.74, 6) is 5.82. The standard InChI is InChI=1S/C34H58O5/c1-7-20(2)21(3)8-9-22(4)26-12-13-27-25-11-10-23-18-24(39-32-31(37)30(36)29(35)19-38-32)14-16-33(23,5)28(25)15-17-34(26,27)6/h10,20-22,24-32,35-37H,7-9,11-19H2,1-6H3/t20-,21+,22+,24-,25-,26+,27-,28-,29+,30-,31+,32-,33-,34+/m0/s1. The number of fused-ring (bicyclic) bond motifs is 5. The number of allylic oxidation sites excluding steroid dienone is 1. The van der Waals surface area contributed by atoms with Crippen molar-refractivity contribution in [1.29, 1.82) is 0 Å². The fraction of sp³-hybridized carbons (Fsp3) is 0.941. The van der Waals surface area contributed by atoms with Gasteiger partial charge in [-0.2, -0.15) is 0 Å². The highest BCUT2D eigenvalue weighted by Crippen LogP contribution is 2.67. The minimum Gasteiger partial charge on any atom is -0.388 e. The van der Waals surface area contributed by atoms with Gasteiger partial charge in [0, 0.05) is 0 Å². The van der Waals surface area contributed by atoms with Crippen molar-refractivity contribution < 1.29 is 24.8 Å². The quantitative estimate of drug-likeness (QED) is 0.303. The maximum absolute atomic E-state index is 10.4. The van der Waals surface area contributed by atoms with E-state index in [9.17, 15) is 15.3 Å². The molecule has 0 aromatic heterocycles. The topological polar surface area (TPSA) is 79.2 Å². The van der Waals surface area contributed by atoms with Crippen LogP contribution in [-0.2, 0) is 9.47 Å². The number of aliphatic hydroxyl groups excluding tert-OH is 3. The first-order chi connectivity index (χ1) is 18.5. The van der Waals surface area contributed by atoms with E-state index in [1.807, 2.05) is 0 Å². The van der Waals surface area contributed by atoms with E-state index in [2.05, 4.69) is 47.6 Å². The second-order valence-corrected chi connectivity index (χ2v) is 15.2. The summed E-state index contributed by atoms with van der Waals surface area (Å²) in [6.07, 6.45) is 12.1. The summed E-state index contributed by atoms with van der Waals surface area (Å²) >= 11 is 0. The van der Waals surface area contributed by atoms with Crippen LogP contribution in [0.2, 0.25) is 0 Å². The lowest BCUT2D eigenvalue weighted by Gasteiger charge is -2.58. The van der Waals surface area contributed by atoms with Crippen LogP contribution in [0.5, 0.6) is 0 Å². The van der Waals surface area contributed by atoms with E-state index >= 15 is 0 Å². The highest BCUT2D eigenvalue weighted by molar-refractivity contribution is 5.25. The predicted octanol–water partition coefficient (Wildman–Crippen LogP) is 6.49. The fourth-order valence-electron chi connectivity index (χ4n) is 10.2. The number of hydrogen-bond donors (Lipinski definition) is 3. The molecule has 0 bridgehead atoms. The van der Waals surface area contributed by atoms with Crippen molar-refractivity contribution >= 4 is 0 Å². The maximum Gasteiger partial charge on any atom is 0.186 e. The highest BCUT2D eigenvalue weighted by atomic mass is 16.7. The molecular formula is C34H58O5. The molecule has 3 saturated carbocycles. The minimum absolute atomic E-state index is 0.00354. The van der Waals surface area contributed by atoms with Crippen molar-refractivity contribution in [3.8, 4) is 0 Å². The van der Waals surface area contributed by atoms with E-state index in [0.29, 0.717) is 5.41 Å². The first-order valence-corrected chi connectivity index (χ1v) is 16.5. The largest absolute Gasteiger partial charge is 0.388 e. The van der Waals surface area contributed by atoms with Crippen LogP contribution in [0.4, 0.5) is 0 Å². The normalized spacial score (nSPS) is 48.3. The smallest absolute Gasteiger partial charge is 0.186 e. The Hall–Kier alpha value is -0.460. The molecule has 1 aliphatic heterocycles. The van der Waals surface area contributed by atoms with Crippen molar-refractivity contribution in [2.45, 2.75) is 143 Å². The maximum atomic E-state index is 10.4. The van der Waals surface area contributed by atoms with E-state index in [1.165, 1.54) is 51.4 Å². The second kappa shape index (κ2) is 11.7. The number of hydrogen-bond acceptors (Lipinski definition) is 5. The molecule has 0 radical (unpaired) electrons.